The minimum Gasteiger partial charge on any atom is -0.338 e. The lowest BCUT2D eigenvalue weighted by molar-refractivity contribution is 0.270. The zero-order chi connectivity index (χ0) is 20.2. The van der Waals surface area contributed by atoms with E-state index < -0.39 is 0 Å². The summed E-state index contributed by atoms with van der Waals surface area (Å²) in [6.07, 6.45) is 3.77. The molecule has 2 saturated heterocycles. The Kier molecular flexibility index (Phi) is 6.20. The Hall–Kier alpha value is -2.32. The second kappa shape index (κ2) is 9.00. The summed E-state index contributed by atoms with van der Waals surface area (Å²) in [5.74, 6) is 1.63. The molecule has 2 aromatic rings. The molecule has 0 atom stereocenters. The van der Waals surface area contributed by atoms with Gasteiger partial charge in [-0.1, -0.05) is 13.8 Å². The van der Waals surface area contributed by atoms with E-state index >= 15 is 0 Å². The normalized spacial score (nSPS) is 19.0. The molecule has 0 N–H and O–H groups in total. The molecule has 156 valence electrons. The van der Waals surface area contributed by atoms with E-state index in [-0.39, 0.29) is 0 Å². The molecule has 2 aromatic heterocycles. The summed E-state index contributed by atoms with van der Waals surface area (Å²) in [6, 6.07) is 1.96. The Morgan fingerprint density at radius 1 is 0.759 bits per heavy atom. The monoisotopic (exact) mass is 396 g/mol. The summed E-state index contributed by atoms with van der Waals surface area (Å²) in [6.45, 7) is 16.8. The average Bonchev–Trinajstić information content (AvgIpc) is 2.79. The van der Waals surface area contributed by atoms with Gasteiger partial charge < -0.3 is 19.6 Å². The summed E-state index contributed by atoms with van der Waals surface area (Å²) in [7, 11) is 0. The van der Waals surface area contributed by atoms with Gasteiger partial charge in [0.05, 0.1) is 11.4 Å². The van der Waals surface area contributed by atoms with Gasteiger partial charge in [0.25, 0.3) is 0 Å². The van der Waals surface area contributed by atoms with E-state index in [0.717, 1.165) is 94.3 Å². The van der Waals surface area contributed by atoms with Gasteiger partial charge in [0, 0.05) is 70.3 Å². The number of piperazine rings is 2. The third-order valence-corrected chi connectivity index (χ3v) is 6.09. The maximum atomic E-state index is 4.84. The summed E-state index contributed by atoms with van der Waals surface area (Å²) < 4.78 is 0. The highest BCUT2D eigenvalue weighted by Gasteiger charge is 2.20. The molecule has 29 heavy (non-hydrogen) atoms. The molecule has 2 aliphatic rings. The van der Waals surface area contributed by atoms with Gasteiger partial charge in [-0.15, -0.1) is 0 Å². The molecule has 8 nitrogen and oxygen atoms in total. The van der Waals surface area contributed by atoms with Gasteiger partial charge in [0.15, 0.2) is 0 Å². The second-order valence-electron chi connectivity index (χ2n) is 7.75. The van der Waals surface area contributed by atoms with E-state index in [1.807, 2.05) is 25.4 Å². The second-order valence-corrected chi connectivity index (χ2v) is 7.75. The van der Waals surface area contributed by atoms with Crippen LogP contribution in [0.5, 0.6) is 0 Å². The third-order valence-electron chi connectivity index (χ3n) is 6.09. The minimum atomic E-state index is 0.803. The molecule has 0 unspecified atom stereocenters. The van der Waals surface area contributed by atoms with Crippen molar-refractivity contribution in [3.63, 3.8) is 0 Å². The van der Waals surface area contributed by atoms with Crippen LogP contribution in [0, 0.1) is 6.92 Å². The first-order valence-corrected chi connectivity index (χ1v) is 10.8. The minimum absolute atomic E-state index is 0.803. The fraction of sp³-hybridized carbons (Fsp3) is 0.619. The summed E-state index contributed by atoms with van der Waals surface area (Å²) in [4.78, 5) is 28.3. The Bertz CT molecular complexity index is 810. The topological polar surface area (TPSA) is 64.5 Å². The molecule has 8 heteroatoms. The van der Waals surface area contributed by atoms with Crippen molar-refractivity contribution in [1.29, 1.82) is 0 Å². The van der Waals surface area contributed by atoms with Gasteiger partial charge in [-0.3, -0.25) is 0 Å². The van der Waals surface area contributed by atoms with E-state index in [0.29, 0.717) is 0 Å². The fourth-order valence-corrected chi connectivity index (χ4v) is 4.04. The lowest BCUT2D eigenvalue weighted by Crippen LogP contribution is -2.46. The summed E-state index contributed by atoms with van der Waals surface area (Å²) >= 11 is 0. The molecular formula is C21H32N8. The maximum Gasteiger partial charge on any atom is 0.225 e. The quantitative estimate of drug-likeness (QED) is 0.754. The summed E-state index contributed by atoms with van der Waals surface area (Å²) in [5.41, 5.74) is 2.85. The zero-order valence-corrected chi connectivity index (χ0v) is 17.9. The van der Waals surface area contributed by atoms with Gasteiger partial charge >= 0.3 is 0 Å². The lowest BCUT2D eigenvalue weighted by Gasteiger charge is -2.34. The molecule has 0 spiro atoms. The van der Waals surface area contributed by atoms with Crippen LogP contribution >= 0.6 is 0 Å². The highest BCUT2D eigenvalue weighted by atomic mass is 15.3. The van der Waals surface area contributed by atoms with Crippen molar-refractivity contribution in [3.8, 4) is 11.3 Å². The van der Waals surface area contributed by atoms with Crippen LogP contribution < -0.4 is 9.80 Å². The van der Waals surface area contributed by atoms with Gasteiger partial charge in [0.1, 0.15) is 0 Å². The Morgan fingerprint density at radius 2 is 1.31 bits per heavy atom. The van der Waals surface area contributed by atoms with Crippen molar-refractivity contribution < 1.29 is 0 Å². The average molecular weight is 397 g/mol. The SMILES string of the molecule is CCN1CCN(c2nccc(-c3cnc(N4CCN(CC)CC4)nc3C)n2)CC1. The standard InChI is InChI=1S/C21H32N8/c1-4-26-8-12-28(13-9-26)20-22-7-6-19(25-20)18-16-23-21(24-17(18)3)29-14-10-27(5-2)11-15-29/h6-7,16H,4-5,8-15H2,1-3H3. The number of likely N-dealkylation sites (N-methyl/N-ethyl adjacent to an activating group) is 2. The van der Waals surface area contributed by atoms with E-state index in [1.54, 1.807) is 0 Å². The molecule has 0 radical (unpaired) electrons. The number of nitrogens with zero attached hydrogens (tertiary/aromatic N) is 8. The van der Waals surface area contributed by atoms with Crippen LogP contribution in [-0.2, 0) is 0 Å². The first-order valence-electron chi connectivity index (χ1n) is 10.8. The van der Waals surface area contributed by atoms with E-state index in [2.05, 4.69) is 43.4 Å². The molecule has 2 aliphatic heterocycles. The van der Waals surface area contributed by atoms with E-state index in [1.165, 1.54) is 0 Å². The number of anilines is 2. The number of aryl methyl sites for hydroxylation is 1. The number of hydrogen-bond donors (Lipinski definition) is 0. The lowest BCUT2D eigenvalue weighted by atomic mass is 10.2. The van der Waals surface area contributed by atoms with Crippen LogP contribution in [0.25, 0.3) is 11.3 Å². The predicted molar refractivity (Wildman–Crippen MR) is 116 cm³/mol. The van der Waals surface area contributed by atoms with Crippen LogP contribution in [0.2, 0.25) is 0 Å². The van der Waals surface area contributed by atoms with Crippen molar-refractivity contribution >= 4 is 11.9 Å². The molecule has 0 amide bonds. The number of rotatable bonds is 5. The fourth-order valence-electron chi connectivity index (χ4n) is 4.04. The van der Waals surface area contributed by atoms with Crippen molar-refractivity contribution in [2.24, 2.45) is 0 Å². The van der Waals surface area contributed by atoms with Crippen LogP contribution in [0.4, 0.5) is 11.9 Å². The highest BCUT2D eigenvalue weighted by molar-refractivity contribution is 5.62. The predicted octanol–water partition coefficient (Wildman–Crippen LogP) is 1.53. The molecule has 0 saturated carbocycles. The largest absolute Gasteiger partial charge is 0.338 e. The molecule has 0 bridgehead atoms. The van der Waals surface area contributed by atoms with Crippen molar-refractivity contribution in [1.82, 2.24) is 29.7 Å². The highest BCUT2D eigenvalue weighted by Crippen LogP contribution is 2.23. The van der Waals surface area contributed by atoms with E-state index in [9.17, 15) is 0 Å². The first-order chi connectivity index (χ1) is 14.2. The van der Waals surface area contributed by atoms with Crippen LogP contribution in [-0.4, -0.2) is 95.2 Å². The van der Waals surface area contributed by atoms with Gasteiger partial charge in [-0.25, -0.2) is 19.9 Å². The molecule has 0 aromatic carbocycles. The van der Waals surface area contributed by atoms with Crippen molar-refractivity contribution in [2.75, 3.05) is 75.2 Å². The first kappa shape index (κ1) is 20.0. The number of aromatic nitrogens is 4. The van der Waals surface area contributed by atoms with Crippen LogP contribution in [0.1, 0.15) is 19.5 Å². The van der Waals surface area contributed by atoms with Gasteiger partial charge in [-0.2, -0.15) is 0 Å². The third kappa shape index (κ3) is 4.48. The van der Waals surface area contributed by atoms with Crippen LogP contribution in [0.15, 0.2) is 18.5 Å². The summed E-state index contributed by atoms with van der Waals surface area (Å²) in [5, 5.41) is 0. The molecule has 0 aliphatic carbocycles. The van der Waals surface area contributed by atoms with E-state index in [4.69, 9.17) is 9.97 Å². The Balaban J connectivity index is 1.49. The maximum absolute atomic E-state index is 4.84. The van der Waals surface area contributed by atoms with Crippen LogP contribution in [0.3, 0.4) is 0 Å². The van der Waals surface area contributed by atoms with Gasteiger partial charge in [-0.05, 0) is 26.1 Å². The Labute approximate surface area is 173 Å². The van der Waals surface area contributed by atoms with Crippen molar-refractivity contribution in [3.05, 3.63) is 24.2 Å². The van der Waals surface area contributed by atoms with Gasteiger partial charge in [0.2, 0.25) is 11.9 Å². The molecular weight excluding hydrogens is 364 g/mol. The number of hydrogen-bond acceptors (Lipinski definition) is 8. The smallest absolute Gasteiger partial charge is 0.225 e. The molecule has 2 fully saturated rings. The molecule has 4 rings (SSSR count). The molecule has 4 heterocycles. The zero-order valence-electron chi connectivity index (χ0n) is 17.9. The van der Waals surface area contributed by atoms with Crippen molar-refractivity contribution in [2.45, 2.75) is 20.8 Å². The Morgan fingerprint density at radius 3 is 1.83 bits per heavy atom.